The Kier molecular flexibility index (Phi) is 3.53. The molecular formula is C14H12ClNO2. The molecule has 0 aromatic heterocycles. The van der Waals surface area contributed by atoms with Crippen molar-refractivity contribution in [2.45, 2.75) is 0 Å². The number of hydrogen-bond donors (Lipinski definition) is 1. The van der Waals surface area contributed by atoms with Gasteiger partial charge >= 0.3 is 0 Å². The zero-order valence-corrected chi connectivity index (χ0v) is 10.6. The van der Waals surface area contributed by atoms with Gasteiger partial charge in [0.25, 0.3) is 0 Å². The van der Waals surface area contributed by atoms with Gasteiger partial charge in [-0.05, 0) is 24.3 Å². The molecule has 4 heteroatoms. The highest BCUT2D eigenvalue weighted by Gasteiger charge is 2.15. The van der Waals surface area contributed by atoms with Crippen molar-refractivity contribution < 1.29 is 9.53 Å². The van der Waals surface area contributed by atoms with Crippen molar-refractivity contribution in [1.29, 1.82) is 0 Å². The van der Waals surface area contributed by atoms with E-state index in [4.69, 9.17) is 22.1 Å². The molecular weight excluding hydrogens is 250 g/mol. The van der Waals surface area contributed by atoms with E-state index in [9.17, 15) is 4.79 Å². The SMILES string of the molecule is COc1cccc(C(=O)c2cccc(Cl)c2)c1N. The van der Waals surface area contributed by atoms with Crippen LogP contribution in [-0.2, 0) is 0 Å². The second-order valence-corrected chi connectivity index (χ2v) is 4.20. The number of carbonyl (C=O) groups excluding carboxylic acids is 1. The number of halogens is 1. The van der Waals surface area contributed by atoms with Gasteiger partial charge in [0.15, 0.2) is 5.78 Å². The van der Waals surface area contributed by atoms with Gasteiger partial charge in [-0.2, -0.15) is 0 Å². The highest BCUT2D eigenvalue weighted by molar-refractivity contribution is 6.31. The summed E-state index contributed by atoms with van der Waals surface area (Å²) in [4.78, 5) is 12.3. The summed E-state index contributed by atoms with van der Waals surface area (Å²) in [5.74, 6) is 0.316. The molecule has 0 amide bonds. The van der Waals surface area contributed by atoms with Crippen molar-refractivity contribution in [2.24, 2.45) is 0 Å². The van der Waals surface area contributed by atoms with E-state index in [1.54, 1.807) is 42.5 Å². The molecule has 0 unspecified atom stereocenters. The summed E-state index contributed by atoms with van der Waals surface area (Å²) in [5, 5.41) is 0.516. The molecule has 0 radical (unpaired) electrons. The van der Waals surface area contributed by atoms with Crippen molar-refractivity contribution in [3.8, 4) is 5.75 Å². The number of ether oxygens (including phenoxy) is 1. The molecule has 92 valence electrons. The average Bonchev–Trinajstić information content (AvgIpc) is 2.38. The Bertz CT molecular complexity index is 596. The lowest BCUT2D eigenvalue weighted by Gasteiger charge is -2.09. The van der Waals surface area contributed by atoms with Gasteiger partial charge in [0.2, 0.25) is 0 Å². The molecule has 0 spiro atoms. The molecule has 0 atom stereocenters. The maximum Gasteiger partial charge on any atom is 0.195 e. The summed E-state index contributed by atoms with van der Waals surface area (Å²) in [6.07, 6.45) is 0. The molecule has 2 aromatic carbocycles. The fourth-order valence-electron chi connectivity index (χ4n) is 1.71. The minimum absolute atomic E-state index is 0.172. The molecule has 2 aromatic rings. The van der Waals surface area contributed by atoms with E-state index < -0.39 is 0 Å². The van der Waals surface area contributed by atoms with Crippen molar-refractivity contribution >= 4 is 23.1 Å². The highest BCUT2D eigenvalue weighted by atomic mass is 35.5. The van der Waals surface area contributed by atoms with Gasteiger partial charge in [-0.3, -0.25) is 4.79 Å². The number of ketones is 1. The Morgan fingerprint density at radius 3 is 2.61 bits per heavy atom. The molecule has 0 aliphatic rings. The van der Waals surface area contributed by atoms with Crippen molar-refractivity contribution in [3.63, 3.8) is 0 Å². The Morgan fingerprint density at radius 1 is 1.22 bits per heavy atom. The fraction of sp³-hybridized carbons (Fsp3) is 0.0714. The van der Waals surface area contributed by atoms with Gasteiger partial charge < -0.3 is 10.5 Å². The molecule has 18 heavy (non-hydrogen) atoms. The largest absolute Gasteiger partial charge is 0.495 e. The molecule has 2 rings (SSSR count). The third kappa shape index (κ3) is 2.31. The number of hydrogen-bond acceptors (Lipinski definition) is 3. The van der Waals surface area contributed by atoms with Gasteiger partial charge in [0.1, 0.15) is 5.75 Å². The van der Waals surface area contributed by atoms with Crippen LogP contribution in [-0.4, -0.2) is 12.9 Å². The van der Waals surface area contributed by atoms with E-state index in [1.165, 1.54) is 7.11 Å². The summed E-state index contributed by atoms with van der Waals surface area (Å²) in [7, 11) is 1.51. The van der Waals surface area contributed by atoms with E-state index in [0.29, 0.717) is 27.6 Å². The van der Waals surface area contributed by atoms with Crippen LogP contribution < -0.4 is 10.5 Å². The first-order valence-corrected chi connectivity index (χ1v) is 5.74. The molecule has 0 bridgehead atoms. The molecule has 3 nitrogen and oxygen atoms in total. The van der Waals surface area contributed by atoms with Crippen LogP contribution in [0.4, 0.5) is 5.69 Å². The monoisotopic (exact) mass is 261 g/mol. The Balaban J connectivity index is 2.46. The van der Waals surface area contributed by atoms with Crippen LogP contribution in [0.3, 0.4) is 0 Å². The standard InChI is InChI=1S/C14H12ClNO2/c1-18-12-7-3-6-11(13(12)16)14(17)9-4-2-5-10(15)8-9/h2-8H,16H2,1H3. The number of nitrogen functional groups attached to an aromatic ring is 1. The first-order chi connectivity index (χ1) is 8.63. The maximum atomic E-state index is 12.3. The number of para-hydroxylation sites is 1. The van der Waals surface area contributed by atoms with Crippen LogP contribution >= 0.6 is 11.6 Å². The van der Waals surface area contributed by atoms with Crippen LogP contribution in [0.1, 0.15) is 15.9 Å². The van der Waals surface area contributed by atoms with Crippen LogP contribution in [0.15, 0.2) is 42.5 Å². The molecule has 0 heterocycles. The molecule has 0 saturated carbocycles. The number of nitrogens with two attached hydrogens (primary N) is 1. The van der Waals surface area contributed by atoms with Gasteiger partial charge in [-0.1, -0.05) is 29.8 Å². The zero-order valence-electron chi connectivity index (χ0n) is 9.81. The van der Waals surface area contributed by atoms with Crippen molar-refractivity contribution in [2.75, 3.05) is 12.8 Å². The second-order valence-electron chi connectivity index (χ2n) is 3.76. The molecule has 2 N–H and O–H groups in total. The lowest BCUT2D eigenvalue weighted by molar-refractivity contribution is 0.103. The summed E-state index contributed by atoms with van der Waals surface area (Å²) in [6.45, 7) is 0. The normalized spacial score (nSPS) is 10.1. The Hall–Kier alpha value is -2.00. The van der Waals surface area contributed by atoms with Crippen LogP contribution in [0.25, 0.3) is 0 Å². The number of methoxy groups -OCH3 is 1. The summed E-state index contributed by atoms with van der Waals surface area (Å²) in [6, 6.07) is 11.9. The first-order valence-electron chi connectivity index (χ1n) is 5.36. The number of rotatable bonds is 3. The summed E-state index contributed by atoms with van der Waals surface area (Å²) < 4.78 is 5.09. The number of anilines is 1. The van der Waals surface area contributed by atoms with Crippen molar-refractivity contribution in [1.82, 2.24) is 0 Å². The molecule has 0 fully saturated rings. The lowest BCUT2D eigenvalue weighted by Crippen LogP contribution is -2.06. The van der Waals surface area contributed by atoms with E-state index in [-0.39, 0.29) is 5.78 Å². The summed E-state index contributed by atoms with van der Waals surface area (Å²) >= 11 is 5.87. The van der Waals surface area contributed by atoms with Gasteiger partial charge in [0, 0.05) is 16.1 Å². The lowest BCUT2D eigenvalue weighted by atomic mass is 10.0. The Morgan fingerprint density at radius 2 is 1.94 bits per heavy atom. The minimum atomic E-state index is -0.172. The quantitative estimate of drug-likeness (QED) is 0.682. The third-order valence-electron chi connectivity index (χ3n) is 2.62. The van der Waals surface area contributed by atoms with Crippen molar-refractivity contribution in [3.05, 3.63) is 58.6 Å². The van der Waals surface area contributed by atoms with Crippen LogP contribution in [0.2, 0.25) is 5.02 Å². The smallest absolute Gasteiger partial charge is 0.195 e. The predicted octanol–water partition coefficient (Wildman–Crippen LogP) is 3.16. The second kappa shape index (κ2) is 5.10. The molecule has 0 saturated heterocycles. The predicted molar refractivity (Wildman–Crippen MR) is 72.3 cm³/mol. The van der Waals surface area contributed by atoms with Gasteiger partial charge in [-0.15, -0.1) is 0 Å². The summed E-state index contributed by atoms with van der Waals surface area (Å²) in [5.41, 5.74) is 7.15. The van der Waals surface area contributed by atoms with Gasteiger partial charge in [0.05, 0.1) is 12.8 Å². The molecule has 0 aliphatic carbocycles. The van der Waals surface area contributed by atoms with E-state index in [1.807, 2.05) is 0 Å². The maximum absolute atomic E-state index is 12.3. The zero-order chi connectivity index (χ0) is 13.1. The van der Waals surface area contributed by atoms with Crippen LogP contribution in [0, 0.1) is 0 Å². The van der Waals surface area contributed by atoms with E-state index in [2.05, 4.69) is 0 Å². The van der Waals surface area contributed by atoms with E-state index in [0.717, 1.165) is 0 Å². The number of carbonyl (C=O) groups is 1. The van der Waals surface area contributed by atoms with E-state index >= 15 is 0 Å². The van der Waals surface area contributed by atoms with Crippen LogP contribution in [0.5, 0.6) is 5.75 Å². The number of benzene rings is 2. The average molecular weight is 262 g/mol. The minimum Gasteiger partial charge on any atom is -0.495 e. The fourth-order valence-corrected chi connectivity index (χ4v) is 1.90. The highest BCUT2D eigenvalue weighted by Crippen LogP contribution is 2.27. The molecule has 0 aliphatic heterocycles. The third-order valence-corrected chi connectivity index (χ3v) is 2.85. The topological polar surface area (TPSA) is 52.3 Å². The van der Waals surface area contributed by atoms with Gasteiger partial charge in [-0.25, -0.2) is 0 Å². The Labute approximate surface area is 110 Å². The first kappa shape index (κ1) is 12.5.